The summed E-state index contributed by atoms with van der Waals surface area (Å²) in [5.41, 5.74) is 5.97. The van der Waals surface area contributed by atoms with E-state index < -0.39 is 41.4 Å². The first kappa shape index (κ1) is 43.3. The van der Waals surface area contributed by atoms with E-state index in [2.05, 4.69) is 56.3 Å². The molecular formula is C43H47Cl2F2N7O5S. The molecule has 2 aromatic heterocycles. The summed E-state index contributed by atoms with van der Waals surface area (Å²) < 4.78 is 67.7. The lowest BCUT2D eigenvalue weighted by Gasteiger charge is -2.34. The average Bonchev–Trinajstić information content (AvgIpc) is 3.90. The number of aromatic amines is 1. The van der Waals surface area contributed by atoms with Gasteiger partial charge >= 0.3 is 0 Å². The molecule has 1 atom stereocenters. The van der Waals surface area contributed by atoms with Crippen LogP contribution < -0.4 is 24.8 Å². The Labute approximate surface area is 358 Å². The first-order chi connectivity index (χ1) is 28.8. The van der Waals surface area contributed by atoms with E-state index in [1.165, 1.54) is 29.1 Å². The molecule has 1 amide bonds. The predicted molar refractivity (Wildman–Crippen MR) is 230 cm³/mol. The quantitative estimate of drug-likeness (QED) is 0.0669. The number of allylic oxidation sites excluding steroid dienone is 1. The maximum Gasteiger partial charge on any atom is 0.268 e. The summed E-state index contributed by atoms with van der Waals surface area (Å²) in [6.07, 6.45) is 5.69. The molecule has 0 saturated carbocycles. The highest BCUT2D eigenvalue weighted by Crippen LogP contribution is 2.43. The molecule has 1 aliphatic heterocycles. The number of hydrogen-bond acceptors (Lipinski definition) is 10. The number of benzene rings is 3. The van der Waals surface area contributed by atoms with Crippen LogP contribution in [0, 0.1) is 5.41 Å². The van der Waals surface area contributed by atoms with Crippen molar-refractivity contribution in [1.29, 1.82) is 0 Å². The lowest BCUT2D eigenvalue weighted by molar-refractivity contribution is 0.0979. The van der Waals surface area contributed by atoms with E-state index in [9.17, 15) is 22.0 Å². The Bertz CT molecular complexity index is 2460. The van der Waals surface area contributed by atoms with E-state index >= 15 is 0 Å². The van der Waals surface area contributed by atoms with E-state index in [4.69, 9.17) is 32.7 Å². The number of likely N-dealkylation sites (tertiary alicyclic amines) is 1. The SMILES string of the molecule is CC1(C)CCC(CNCCNc2ccc(C(=O)NS(=O)(=O)c3cnc(O[C@@H]4CCN(C(CF)CF)C4)c(Cl)c3)c(Oc3cccc4[nH]cnc34)c2)=C(c2ccc(Cl)cc2)C1. The zero-order valence-electron chi connectivity index (χ0n) is 33.2. The second-order valence-electron chi connectivity index (χ2n) is 15.8. The van der Waals surface area contributed by atoms with Gasteiger partial charge in [-0.2, -0.15) is 0 Å². The molecule has 2 aliphatic rings. The first-order valence-electron chi connectivity index (χ1n) is 19.7. The van der Waals surface area contributed by atoms with Crippen molar-refractivity contribution in [2.45, 2.75) is 56.6 Å². The molecule has 0 spiro atoms. The molecule has 0 radical (unpaired) electrons. The zero-order chi connectivity index (χ0) is 42.4. The lowest BCUT2D eigenvalue weighted by atomic mass is 9.72. The van der Waals surface area contributed by atoms with Crippen LogP contribution >= 0.6 is 23.2 Å². The number of sulfonamides is 1. The number of rotatable bonds is 17. The summed E-state index contributed by atoms with van der Waals surface area (Å²) in [5.74, 6) is -0.547. The molecule has 12 nitrogen and oxygen atoms in total. The van der Waals surface area contributed by atoms with Crippen LogP contribution in [0.3, 0.4) is 0 Å². The van der Waals surface area contributed by atoms with Gasteiger partial charge in [0.2, 0.25) is 5.88 Å². The van der Waals surface area contributed by atoms with Crippen molar-refractivity contribution >= 4 is 61.4 Å². The Morgan fingerprint density at radius 1 is 1.03 bits per heavy atom. The van der Waals surface area contributed by atoms with Crippen LogP contribution in [0.4, 0.5) is 14.5 Å². The highest BCUT2D eigenvalue weighted by molar-refractivity contribution is 7.90. The van der Waals surface area contributed by atoms with Gasteiger partial charge in [0, 0.05) is 49.5 Å². The smallest absolute Gasteiger partial charge is 0.268 e. The van der Waals surface area contributed by atoms with Gasteiger partial charge in [-0.15, -0.1) is 0 Å². The number of halogens is 4. The van der Waals surface area contributed by atoms with Crippen LogP contribution in [-0.4, -0.2) is 92.4 Å². The molecule has 1 saturated heterocycles. The van der Waals surface area contributed by atoms with Gasteiger partial charge < -0.3 is 25.1 Å². The van der Waals surface area contributed by atoms with Crippen molar-refractivity contribution in [3.63, 3.8) is 0 Å². The van der Waals surface area contributed by atoms with Gasteiger partial charge in [0.05, 0.1) is 29.6 Å². The topological polar surface area (TPSA) is 151 Å². The van der Waals surface area contributed by atoms with Gasteiger partial charge in [0.25, 0.3) is 15.9 Å². The number of para-hydroxylation sites is 1. The molecule has 4 N–H and O–H groups in total. The van der Waals surface area contributed by atoms with Crippen molar-refractivity contribution in [2.24, 2.45) is 5.41 Å². The minimum absolute atomic E-state index is 0.0369. The molecule has 17 heteroatoms. The van der Waals surface area contributed by atoms with Crippen molar-refractivity contribution in [3.8, 4) is 17.4 Å². The van der Waals surface area contributed by atoms with E-state index in [1.54, 1.807) is 29.2 Å². The Kier molecular flexibility index (Phi) is 13.6. The van der Waals surface area contributed by atoms with E-state index in [0.717, 1.165) is 38.1 Å². The molecule has 60 heavy (non-hydrogen) atoms. The number of ether oxygens (including phenoxy) is 2. The number of alkyl halides is 2. The lowest BCUT2D eigenvalue weighted by Crippen LogP contribution is -2.38. The van der Waals surface area contributed by atoms with Gasteiger partial charge in [0.15, 0.2) is 5.75 Å². The molecule has 5 aromatic rings. The van der Waals surface area contributed by atoms with Gasteiger partial charge in [0.1, 0.15) is 40.6 Å². The number of nitrogens with one attached hydrogen (secondary N) is 4. The highest BCUT2D eigenvalue weighted by Gasteiger charge is 2.31. The molecule has 1 aliphatic carbocycles. The van der Waals surface area contributed by atoms with Crippen LogP contribution in [0.15, 0.2) is 89.7 Å². The third-order valence-corrected chi connectivity index (χ3v) is 12.7. The Morgan fingerprint density at radius 2 is 1.83 bits per heavy atom. The normalized spacial score (nSPS) is 17.0. The number of pyridine rings is 1. The maximum atomic E-state index is 13.8. The monoisotopic (exact) mass is 881 g/mol. The van der Waals surface area contributed by atoms with E-state index in [-0.39, 0.29) is 39.1 Å². The van der Waals surface area contributed by atoms with Gasteiger partial charge in [-0.25, -0.2) is 31.9 Å². The fourth-order valence-electron chi connectivity index (χ4n) is 7.52. The number of amides is 1. The molecule has 3 aromatic carbocycles. The third kappa shape index (κ3) is 10.4. The molecule has 0 unspecified atom stereocenters. The predicted octanol–water partition coefficient (Wildman–Crippen LogP) is 8.60. The molecule has 0 bridgehead atoms. The van der Waals surface area contributed by atoms with Crippen LogP contribution in [0.5, 0.6) is 17.4 Å². The molecule has 1 fully saturated rings. The van der Waals surface area contributed by atoms with E-state index in [1.807, 2.05) is 18.2 Å². The number of H-pyrrole nitrogens is 1. The number of aromatic nitrogens is 3. The first-order valence-corrected chi connectivity index (χ1v) is 22.0. The van der Waals surface area contributed by atoms with Crippen molar-refractivity contribution < 1.29 is 31.5 Å². The summed E-state index contributed by atoms with van der Waals surface area (Å²) in [4.78, 5) is 26.5. The number of imidazole rings is 1. The molecular weight excluding hydrogens is 835 g/mol. The second kappa shape index (κ2) is 18.9. The molecule has 7 rings (SSSR count). The standard InChI is InChI=1S/C43H47Cl2F2N7O5S/c1-43(2)14-12-28(35(20-43)27-6-8-29(44)9-7-27)23-48-15-16-49-30-10-11-34(39(18-30)59-38-5-3-4-37-40(38)52-26-51-37)41(55)53-60(56,57)33-19-36(45)42(50-24-33)58-32-13-17-54(25-32)31(21-46)22-47/h3-11,18-19,24,26,31-32,48-49H,12-17,20-23,25H2,1-2H3,(H,51,52)(H,53,55)/t32-/m1/s1. The van der Waals surface area contributed by atoms with Crippen molar-refractivity contribution in [2.75, 3.05) is 51.4 Å². The minimum Gasteiger partial charge on any atom is -0.472 e. The minimum atomic E-state index is -4.49. The summed E-state index contributed by atoms with van der Waals surface area (Å²) in [6, 6.07) is 18.4. The van der Waals surface area contributed by atoms with Gasteiger partial charge in [-0.3, -0.25) is 9.69 Å². The largest absolute Gasteiger partial charge is 0.472 e. The number of nitrogens with zero attached hydrogens (tertiary/aromatic N) is 3. The number of carbonyl (C=O) groups excluding carboxylic acids is 1. The number of carbonyl (C=O) groups is 1. The average molecular weight is 883 g/mol. The van der Waals surface area contributed by atoms with Crippen molar-refractivity contribution in [1.82, 2.24) is 29.9 Å². The molecule has 3 heterocycles. The second-order valence-corrected chi connectivity index (χ2v) is 18.3. The Balaban J connectivity index is 1.03. The number of hydrogen-bond donors (Lipinski definition) is 4. The summed E-state index contributed by atoms with van der Waals surface area (Å²) in [5, 5.41) is 7.55. The Morgan fingerprint density at radius 3 is 2.60 bits per heavy atom. The van der Waals surface area contributed by atoms with Crippen molar-refractivity contribution in [3.05, 3.63) is 106 Å². The molecule has 318 valence electrons. The zero-order valence-corrected chi connectivity index (χ0v) is 35.6. The van der Waals surface area contributed by atoms with Gasteiger partial charge in [-0.05, 0) is 84.7 Å². The number of fused-ring (bicyclic) bond motifs is 1. The third-order valence-electron chi connectivity index (χ3n) is 10.9. The number of anilines is 1. The van der Waals surface area contributed by atoms with E-state index in [0.29, 0.717) is 53.5 Å². The Hall–Kier alpha value is -4.80. The van der Waals surface area contributed by atoms with Crippen LogP contribution in [0.1, 0.15) is 55.5 Å². The fraction of sp³-hybridized carbons (Fsp3) is 0.372. The van der Waals surface area contributed by atoms with Crippen LogP contribution in [-0.2, 0) is 10.0 Å². The summed E-state index contributed by atoms with van der Waals surface area (Å²) in [7, 11) is -4.49. The summed E-state index contributed by atoms with van der Waals surface area (Å²) >= 11 is 12.6. The summed E-state index contributed by atoms with van der Waals surface area (Å²) in [6.45, 7) is 5.59. The highest BCUT2D eigenvalue weighted by atomic mass is 35.5. The van der Waals surface area contributed by atoms with Crippen LogP contribution in [0.2, 0.25) is 10.0 Å². The van der Waals surface area contributed by atoms with Gasteiger partial charge in [-0.1, -0.05) is 60.8 Å². The fourth-order valence-corrected chi connectivity index (χ4v) is 8.85. The van der Waals surface area contributed by atoms with Crippen LogP contribution in [0.25, 0.3) is 16.6 Å². The maximum absolute atomic E-state index is 13.8.